The molecule has 0 unspecified atom stereocenters. The van der Waals surface area contributed by atoms with Crippen molar-refractivity contribution in [3.8, 4) is 0 Å². The number of carbonyl (C=O) groups excluding carboxylic acids is 2. The van der Waals surface area contributed by atoms with E-state index in [1.165, 1.54) is 23.1 Å². The van der Waals surface area contributed by atoms with Crippen molar-refractivity contribution in [3.05, 3.63) is 44.9 Å². The number of imide groups is 1. The number of hydrogen-bond acceptors (Lipinski definition) is 4. The van der Waals surface area contributed by atoms with E-state index in [1.807, 2.05) is 0 Å². The summed E-state index contributed by atoms with van der Waals surface area (Å²) in [6.07, 6.45) is 6.45. The first-order valence-corrected chi connectivity index (χ1v) is 8.75. The molecule has 2 amide bonds. The lowest BCUT2D eigenvalue weighted by atomic mass is 9.85. The average molecular weight is 389 g/mol. The highest BCUT2D eigenvalue weighted by atomic mass is 79.9. The fraction of sp³-hybridized carbons (Fsp3) is 0.412. The average Bonchev–Trinajstić information content (AvgIpc) is 3.14. The van der Waals surface area contributed by atoms with Gasteiger partial charge >= 0.3 is 0 Å². The summed E-state index contributed by atoms with van der Waals surface area (Å²) in [7, 11) is 0. The lowest BCUT2D eigenvalue weighted by Gasteiger charge is -2.22. The van der Waals surface area contributed by atoms with Crippen LogP contribution in [0.1, 0.15) is 12.8 Å². The number of carbonyl (C=O) groups is 2. The molecule has 1 aromatic rings. The maximum atomic E-state index is 13.0. The summed E-state index contributed by atoms with van der Waals surface area (Å²) < 4.78 is 0.389. The summed E-state index contributed by atoms with van der Waals surface area (Å²) in [6.45, 7) is 0. The van der Waals surface area contributed by atoms with E-state index in [9.17, 15) is 19.7 Å². The zero-order valence-electron chi connectivity index (χ0n) is 12.5. The SMILES string of the molecule is O=C1[C@@H]2[C@@H](C(=O)N1c1ccc([N+](=O)[O-])cc1Br)[C@@H]1C=C[C@@H]2C12CC2. The third kappa shape index (κ3) is 1.51. The van der Waals surface area contributed by atoms with Gasteiger partial charge in [-0.1, -0.05) is 12.2 Å². The highest BCUT2D eigenvalue weighted by molar-refractivity contribution is 9.10. The normalized spacial score (nSPS) is 34.3. The van der Waals surface area contributed by atoms with Crippen LogP contribution < -0.4 is 4.90 Å². The number of halogens is 1. The molecule has 5 rings (SSSR count). The first-order valence-electron chi connectivity index (χ1n) is 7.96. The van der Waals surface area contributed by atoms with Crippen molar-refractivity contribution in [2.24, 2.45) is 29.1 Å². The van der Waals surface area contributed by atoms with Gasteiger partial charge in [-0.25, -0.2) is 4.90 Å². The van der Waals surface area contributed by atoms with Gasteiger partial charge in [-0.05, 0) is 52.1 Å². The summed E-state index contributed by atoms with van der Waals surface area (Å²) in [5, 5.41) is 10.9. The Morgan fingerprint density at radius 3 is 2.17 bits per heavy atom. The minimum Gasteiger partial charge on any atom is -0.274 e. The second-order valence-electron chi connectivity index (χ2n) is 7.13. The molecule has 0 aromatic heterocycles. The predicted octanol–water partition coefficient (Wildman–Crippen LogP) is 3.06. The smallest absolute Gasteiger partial charge is 0.270 e. The van der Waals surface area contributed by atoms with Crippen molar-refractivity contribution >= 4 is 39.1 Å². The largest absolute Gasteiger partial charge is 0.274 e. The number of amides is 2. The molecule has 1 aliphatic heterocycles. The van der Waals surface area contributed by atoms with E-state index in [4.69, 9.17) is 0 Å². The summed E-state index contributed by atoms with van der Waals surface area (Å²) in [5.74, 6) is -0.518. The number of anilines is 1. The molecule has 4 aliphatic rings. The van der Waals surface area contributed by atoms with E-state index in [-0.39, 0.29) is 46.6 Å². The van der Waals surface area contributed by atoms with E-state index in [1.54, 1.807) is 0 Å². The molecule has 24 heavy (non-hydrogen) atoms. The molecule has 3 aliphatic carbocycles. The number of non-ortho nitro benzene ring substituents is 1. The zero-order chi connectivity index (χ0) is 16.8. The van der Waals surface area contributed by atoms with Gasteiger partial charge in [0.25, 0.3) is 5.69 Å². The van der Waals surface area contributed by atoms with E-state index in [2.05, 4.69) is 28.1 Å². The van der Waals surface area contributed by atoms with Crippen LogP contribution in [0.2, 0.25) is 0 Å². The molecule has 3 fully saturated rings. The Bertz CT molecular complexity index is 826. The quantitative estimate of drug-likeness (QED) is 0.337. The number of allylic oxidation sites excluding steroid dienone is 2. The summed E-state index contributed by atoms with van der Waals surface area (Å²) in [5.41, 5.74) is 0.484. The lowest BCUT2D eigenvalue weighted by molar-refractivity contribution is -0.384. The number of fused-ring (bicyclic) bond motifs is 3. The predicted molar refractivity (Wildman–Crippen MR) is 88.1 cm³/mol. The molecule has 4 atom stereocenters. The van der Waals surface area contributed by atoms with E-state index in [0.29, 0.717) is 10.2 Å². The molecule has 122 valence electrons. The fourth-order valence-electron chi connectivity index (χ4n) is 5.11. The van der Waals surface area contributed by atoms with Gasteiger partial charge in [-0.15, -0.1) is 0 Å². The summed E-state index contributed by atoms with van der Waals surface area (Å²) in [6, 6.07) is 4.13. The number of nitro benzene ring substituents is 1. The lowest BCUT2D eigenvalue weighted by Crippen LogP contribution is -2.35. The van der Waals surface area contributed by atoms with Crippen molar-refractivity contribution < 1.29 is 14.5 Å². The molecule has 0 radical (unpaired) electrons. The van der Waals surface area contributed by atoms with E-state index >= 15 is 0 Å². The zero-order valence-corrected chi connectivity index (χ0v) is 14.1. The van der Waals surface area contributed by atoms with Crippen LogP contribution in [0.5, 0.6) is 0 Å². The topological polar surface area (TPSA) is 80.5 Å². The van der Waals surface area contributed by atoms with Crippen LogP contribution in [0.25, 0.3) is 0 Å². The fourth-order valence-corrected chi connectivity index (χ4v) is 5.65. The van der Waals surface area contributed by atoms with Crippen molar-refractivity contribution in [1.29, 1.82) is 0 Å². The van der Waals surface area contributed by atoms with Crippen molar-refractivity contribution in [1.82, 2.24) is 0 Å². The second-order valence-corrected chi connectivity index (χ2v) is 7.98. The molecule has 6 nitrogen and oxygen atoms in total. The number of rotatable bonds is 2. The van der Waals surface area contributed by atoms with Crippen LogP contribution in [0.15, 0.2) is 34.8 Å². The van der Waals surface area contributed by atoms with Gasteiger partial charge in [0.2, 0.25) is 11.8 Å². The second kappa shape index (κ2) is 4.33. The van der Waals surface area contributed by atoms with Gasteiger partial charge in [0.15, 0.2) is 0 Å². The van der Waals surface area contributed by atoms with Gasteiger partial charge in [0.1, 0.15) is 0 Å². The molecule has 2 bridgehead atoms. The Hall–Kier alpha value is -2.02. The third-order valence-electron chi connectivity index (χ3n) is 6.24. The molecule has 0 N–H and O–H groups in total. The van der Waals surface area contributed by atoms with Gasteiger partial charge in [0, 0.05) is 16.6 Å². The molecule has 7 heteroatoms. The number of nitro groups is 1. The van der Waals surface area contributed by atoms with Crippen LogP contribution >= 0.6 is 15.9 Å². The van der Waals surface area contributed by atoms with Gasteiger partial charge in [0.05, 0.1) is 22.4 Å². The minimum absolute atomic E-state index is 0.0800. The standard InChI is InChI=1S/C17H13BrN2O4/c18-11-7-8(20(23)24)1-4-12(11)19-15(21)13-9-2-3-10(14(13)16(19)22)17(9)5-6-17/h1-4,7,9-10,13-14H,5-6H2/t9-,10-,13-,14-/m0/s1. The van der Waals surface area contributed by atoms with Crippen LogP contribution in [0.4, 0.5) is 11.4 Å². The monoisotopic (exact) mass is 388 g/mol. The third-order valence-corrected chi connectivity index (χ3v) is 6.87. The van der Waals surface area contributed by atoms with Crippen LogP contribution in [-0.2, 0) is 9.59 Å². The first-order chi connectivity index (χ1) is 11.5. The van der Waals surface area contributed by atoms with Crippen LogP contribution in [0.3, 0.4) is 0 Å². The Morgan fingerprint density at radius 1 is 1.12 bits per heavy atom. The molecule has 1 saturated heterocycles. The Balaban J connectivity index is 1.55. The number of hydrogen-bond donors (Lipinski definition) is 0. The van der Waals surface area contributed by atoms with Gasteiger partial charge in [-0.2, -0.15) is 0 Å². The molecular formula is C17H13BrN2O4. The maximum Gasteiger partial charge on any atom is 0.270 e. The highest BCUT2D eigenvalue weighted by Gasteiger charge is 2.73. The van der Waals surface area contributed by atoms with Gasteiger partial charge in [-0.3, -0.25) is 19.7 Å². The van der Waals surface area contributed by atoms with Gasteiger partial charge < -0.3 is 0 Å². The van der Waals surface area contributed by atoms with Crippen molar-refractivity contribution in [3.63, 3.8) is 0 Å². The Kier molecular flexibility index (Phi) is 2.59. The van der Waals surface area contributed by atoms with Crippen molar-refractivity contribution in [2.75, 3.05) is 4.90 Å². The number of benzene rings is 1. The summed E-state index contributed by atoms with van der Waals surface area (Å²) in [4.78, 5) is 37.6. The van der Waals surface area contributed by atoms with Crippen molar-refractivity contribution in [2.45, 2.75) is 12.8 Å². The molecule has 2 saturated carbocycles. The van der Waals surface area contributed by atoms with E-state index < -0.39 is 4.92 Å². The molecule has 1 heterocycles. The molecule has 1 aromatic carbocycles. The minimum atomic E-state index is -0.502. The highest BCUT2D eigenvalue weighted by Crippen LogP contribution is 2.73. The van der Waals surface area contributed by atoms with E-state index in [0.717, 1.165) is 12.8 Å². The first kappa shape index (κ1) is 14.3. The maximum absolute atomic E-state index is 13.0. The Morgan fingerprint density at radius 2 is 1.71 bits per heavy atom. The van der Waals surface area contributed by atoms with Crippen LogP contribution in [-0.4, -0.2) is 16.7 Å². The molecular weight excluding hydrogens is 376 g/mol. The van der Waals surface area contributed by atoms with Crippen LogP contribution in [0, 0.1) is 39.2 Å². The summed E-state index contributed by atoms with van der Waals surface area (Å²) >= 11 is 3.27. The molecule has 1 spiro atoms. The Labute approximate surface area is 145 Å². The number of nitrogens with zero attached hydrogens (tertiary/aromatic N) is 2.